The van der Waals surface area contributed by atoms with Gasteiger partial charge >= 0.3 is 0 Å². The minimum atomic E-state index is -0.145. The first-order chi connectivity index (χ1) is 6.77. The van der Waals surface area contributed by atoms with Crippen LogP contribution in [-0.4, -0.2) is 16.9 Å². The molecule has 14 heavy (non-hydrogen) atoms. The first kappa shape index (κ1) is 10.7. The molecule has 1 atom stereocenters. The average molecular weight is 208 g/mol. The molecule has 0 bridgehead atoms. The Morgan fingerprint density at radius 3 is 3.14 bits per heavy atom. The topological polar surface area (TPSA) is 42.0 Å². The van der Waals surface area contributed by atoms with Crippen molar-refractivity contribution >= 4 is 17.2 Å². The molecular formula is C10H12N2OS. The number of nitrogens with zero attached hydrogens (tertiary/aromatic N) is 1. The highest BCUT2D eigenvalue weighted by atomic mass is 32.1. The summed E-state index contributed by atoms with van der Waals surface area (Å²) < 4.78 is 0. The van der Waals surface area contributed by atoms with E-state index in [-0.39, 0.29) is 11.9 Å². The van der Waals surface area contributed by atoms with E-state index < -0.39 is 0 Å². The van der Waals surface area contributed by atoms with Crippen LogP contribution in [0.3, 0.4) is 0 Å². The molecule has 0 aliphatic carbocycles. The third kappa shape index (κ3) is 2.86. The molecule has 0 saturated carbocycles. The number of carbonyl (C=O) groups is 1. The third-order valence-corrected chi connectivity index (χ3v) is 2.44. The highest BCUT2D eigenvalue weighted by molar-refractivity contribution is 7.07. The van der Waals surface area contributed by atoms with Gasteiger partial charge in [-0.1, -0.05) is 6.92 Å². The van der Waals surface area contributed by atoms with Gasteiger partial charge in [0.25, 0.3) is 5.91 Å². The van der Waals surface area contributed by atoms with Crippen LogP contribution in [0.25, 0.3) is 0 Å². The molecule has 0 aliphatic heterocycles. The molecular weight excluding hydrogens is 196 g/mol. The quantitative estimate of drug-likeness (QED) is 0.765. The van der Waals surface area contributed by atoms with Gasteiger partial charge in [-0.2, -0.15) is 0 Å². The Bertz CT molecular complexity index is 326. The zero-order valence-corrected chi connectivity index (χ0v) is 8.80. The molecule has 0 saturated heterocycles. The molecule has 0 aromatic carbocycles. The molecule has 1 rings (SSSR count). The van der Waals surface area contributed by atoms with Crippen LogP contribution >= 0.6 is 11.3 Å². The van der Waals surface area contributed by atoms with Crippen molar-refractivity contribution in [3.8, 4) is 12.3 Å². The van der Waals surface area contributed by atoms with Gasteiger partial charge in [-0.25, -0.2) is 4.98 Å². The van der Waals surface area contributed by atoms with Crippen molar-refractivity contribution in [2.45, 2.75) is 25.8 Å². The summed E-state index contributed by atoms with van der Waals surface area (Å²) in [6, 6.07) is 0.0502. The van der Waals surface area contributed by atoms with Gasteiger partial charge in [0.05, 0.1) is 5.51 Å². The summed E-state index contributed by atoms with van der Waals surface area (Å²) in [5, 5.41) is 4.55. The number of hydrogen-bond donors (Lipinski definition) is 1. The van der Waals surface area contributed by atoms with E-state index in [0.29, 0.717) is 12.1 Å². The van der Waals surface area contributed by atoms with Crippen molar-refractivity contribution in [1.29, 1.82) is 0 Å². The smallest absolute Gasteiger partial charge is 0.270 e. The second-order valence-electron chi connectivity index (χ2n) is 2.86. The minimum absolute atomic E-state index is 0.0502. The molecule has 1 N–H and O–H groups in total. The number of hydrogen-bond acceptors (Lipinski definition) is 3. The molecule has 1 unspecified atom stereocenters. The molecule has 1 aromatic heterocycles. The number of thiazole rings is 1. The predicted octanol–water partition coefficient (Wildman–Crippen LogP) is 1.67. The van der Waals surface area contributed by atoms with Crippen LogP contribution in [0.1, 0.15) is 30.3 Å². The van der Waals surface area contributed by atoms with Gasteiger partial charge in [0.2, 0.25) is 0 Å². The fourth-order valence-corrected chi connectivity index (χ4v) is 1.56. The van der Waals surface area contributed by atoms with Crippen molar-refractivity contribution in [2.75, 3.05) is 0 Å². The van der Waals surface area contributed by atoms with E-state index in [9.17, 15) is 4.79 Å². The van der Waals surface area contributed by atoms with Crippen molar-refractivity contribution in [2.24, 2.45) is 0 Å². The van der Waals surface area contributed by atoms with Crippen LogP contribution in [0.4, 0.5) is 0 Å². The fraction of sp³-hybridized carbons (Fsp3) is 0.400. The maximum absolute atomic E-state index is 11.5. The minimum Gasteiger partial charge on any atom is -0.347 e. The SMILES string of the molecule is C#CCC(CC)NC(=O)c1cscn1. The zero-order chi connectivity index (χ0) is 10.4. The maximum Gasteiger partial charge on any atom is 0.270 e. The monoisotopic (exact) mass is 208 g/mol. The maximum atomic E-state index is 11.5. The standard InChI is InChI=1S/C10H12N2OS/c1-3-5-8(4-2)12-10(13)9-6-14-7-11-9/h1,6-8H,4-5H2,2H3,(H,12,13). The van der Waals surface area contributed by atoms with Crippen LogP contribution in [0.15, 0.2) is 10.9 Å². The molecule has 1 heterocycles. The Kier molecular flexibility index (Phi) is 4.14. The first-order valence-electron chi connectivity index (χ1n) is 4.40. The summed E-state index contributed by atoms with van der Waals surface area (Å²) >= 11 is 1.40. The average Bonchev–Trinajstić information content (AvgIpc) is 2.69. The number of amides is 1. The van der Waals surface area contributed by atoms with E-state index in [1.165, 1.54) is 11.3 Å². The molecule has 0 fully saturated rings. The van der Waals surface area contributed by atoms with Gasteiger partial charge in [0.1, 0.15) is 5.69 Å². The predicted molar refractivity (Wildman–Crippen MR) is 57.1 cm³/mol. The van der Waals surface area contributed by atoms with E-state index in [1.54, 1.807) is 10.9 Å². The summed E-state index contributed by atoms with van der Waals surface area (Å²) in [6.07, 6.45) is 6.58. The Hall–Kier alpha value is -1.34. The summed E-state index contributed by atoms with van der Waals surface area (Å²) in [5.74, 6) is 2.39. The molecule has 0 spiro atoms. The van der Waals surface area contributed by atoms with Gasteiger partial charge in [0.15, 0.2) is 0 Å². The number of rotatable bonds is 4. The Morgan fingerprint density at radius 1 is 1.86 bits per heavy atom. The third-order valence-electron chi connectivity index (χ3n) is 1.86. The molecule has 74 valence electrons. The van der Waals surface area contributed by atoms with E-state index in [2.05, 4.69) is 16.2 Å². The Labute approximate surface area is 87.6 Å². The highest BCUT2D eigenvalue weighted by Gasteiger charge is 2.12. The summed E-state index contributed by atoms with van der Waals surface area (Å²) in [6.45, 7) is 1.99. The second-order valence-corrected chi connectivity index (χ2v) is 3.58. The zero-order valence-electron chi connectivity index (χ0n) is 7.99. The molecule has 3 nitrogen and oxygen atoms in total. The molecule has 0 aliphatic rings. The summed E-state index contributed by atoms with van der Waals surface area (Å²) in [7, 11) is 0. The van der Waals surface area contributed by atoms with Gasteiger partial charge in [0, 0.05) is 17.8 Å². The Balaban J connectivity index is 2.52. The fourth-order valence-electron chi connectivity index (χ4n) is 1.02. The number of nitrogens with one attached hydrogen (secondary N) is 1. The molecule has 1 amide bonds. The summed E-state index contributed by atoms with van der Waals surface area (Å²) in [4.78, 5) is 15.4. The van der Waals surface area contributed by atoms with Crippen LogP contribution in [0.5, 0.6) is 0 Å². The lowest BCUT2D eigenvalue weighted by Gasteiger charge is -2.12. The van der Waals surface area contributed by atoms with E-state index in [1.807, 2.05) is 6.92 Å². The van der Waals surface area contributed by atoms with E-state index >= 15 is 0 Å². The van der Waals surface area contributed by atoms with Gasteiger partial charge in [-0.3, -0.25) is 4.79 Å². The molecule has 1 aromatic rings. The Morgan fingerprint density at radius 2 is 2.64 bits per heavy atom. The lowest BCUT2D eigenvalue weighted by molar-refractivity contribution is 0.0932. The molecule has 0 radical (unpaired) electrons. The van der Waals surface area contributed by atoms with Crippen LogP contribution in [0, 0.1) is 12.3 Å². The van der Waals surface area contributed by atoms with Gasteiger partial charge in [-0.05, 0) is 6.42 Å². The normalized spacial score (nSPS) is 11.7. The van der Waals surface area contributed by atoms with E-state index in [4.69, 9.17) is 6.42 Å². The second kappa shape index (κ2) is 5.40. The van der Waals surface area contributed by atoms with Crippen LogP contribution in [-0.2, 0) is 0 Å². The van der Waals surface area contributed by atoms with Gasteiger partial charge < -0.3 is 5.32 Å². The van der Waals surface area contributed by atoms with Crippen LogP contribution in [0.2, 0.25) is 0 Å². The van der Waals surface area contributed by atoms with Gasteiger partial charge in [-0.15, -0.1) is 23.7 Å². The van der Waals surface area contributed by atoms with Crippen molar-refractivity contribution in [3.63, 3.8) is 0 Å². The van der Waals surface area contributed by atoms with Crippen molar-refractivity contribution in [3.05, 3.63) is 16.6 Å². The van der Waals surface area contributed by atoms with Crippen molar-refractivity contribution < 1.29 is 4.79 Å². The van der Waals surface area contributed by atoms with E-state index in [0.717, 1.165) is 6.42 Å². The lowest BCUT2D eigenvalue weighted by Crippen LogP contribution is -2.34. The van der Waals surface area contributed by atoms with Crippen molar-refractivity contribution in [1.82, 2.24) is 10.3 Å². The highest BCUT2D eigenvalue weighted by Crippen LogP contribution is 2.03. The number of terminal acetylenes is 1. The lowest BCUT2D eigenvalue weighted by atomic mass is 10.1. The first-order valence-corrected chi connectivity index (χ1v) is 5.34. The molecule has 4 heteroatoms. The summed E-state index contributed by atoms with van der Waals surface area (Å²) in [5.41, 5.74) is 2.10. The largest absolute Gasteiger partial charge is 0.347 e. The number of carbonyl (C=O) groups excluding carboxylic acids is 1. The number of aromatic nitrogens is 1. The van der Waals surface area contributed by atoms with Crippen LogP contribution < -0.4 is 5.32 Å².